The topological polar surface area (TPSA) is 6.48 Å². The maximum Gasteiger partial charge on any atom is 0.248 e. The van der Waals surface area contributed by atoms with Gasteiger partial charge in [-0.3, -0.25) is 0 Å². The summed E-state index contributed by atoms with van der Waals surface area (Å²) in [5.74, 6) is 0. The molecule has 3 heterocycles. The second-order valence-electron chi connectivity index (χ2n) is 22.0. The Morgan fingerprint density at radius 1 is 0.380 bits per heavy atom. The lowest BCUT2D eigenvalue weighted by Crippen LogP contribution is -2.57. The van der Waals surface area contributed by atoms with Crippen molar-refractivity contribution < 1.29 is 0 Å². The predicted molar refractivity (Wildman–Crippen MR) is 297 cm³/mol. The maximum absolute atomic E-state index is 2.80. The third kappa shape index (κ3) is 4.71. The molecule has 0 bridgehead atoms. The zero-order chi connectivity index (χ0) is 47.3. The van der Waals surface area contributed by atoms with Crippen LogP contribution in [-0.4, -0.2) is 6.71 Å². The lowest BCUT2D eigenvalue weighted by molar-refractivity contribution is 0.659. The third-order valence-electron chi connectivity index (χ3n) is 18.0. The molecule has 3 aliphatic heterocycles. The molecule has 0 amide bonds. The van der Waals surface area contributed by atoms with Crippen LogP contribution in [0.25, 0.3) is 55.6 Å². The molecule has 2 nitrogen and oxygen atoms in total. The van der Waals surface area contributed by atoms with Crippen molar-refractivity contribution in [2.24, 2.45) is 0 Å². The molecule has 0 radical (unpaired) electrons. The van der Waals surface area contributed by atoms with Gasteiger partial charge >= 0.3 is 0 Å². The molecule has 0 N–H and O–H groups in total. The monoisotopic (exact) mass is 904 g/mol. The number of hydrogen-bond donors (Lipinski definition) is 0. The van der Waals surface area contributed by atoms with E-state index in [2.05, 4.69) is 251 Å². The average Bonchev–Trinajstić information content (AvgIpc) is 4.07. The quantitative estimate of drug-likeness (QED) is 0.162. The summed E-state index contributed by atoms with van der Waals surface area (Å²) in [4.78, 5) is 5.40. The summed E-state index contributed by atoms with van der Waals surface area (Å²) in [5.41, 5.74) is 33.8. The van der Waals surface area contributed by atoms with Gasteiger partial charge in [-0.25, -0.2) is 0 Å². The fourth-order valence-corrected chi connectivity index (χ4v) is 15.1. The zero-order valence-electron chi connectivity index (χ0n) is 40.6. The predicted octanol–water partition coefficient (Wildman–Crippen LogP) is 15.4. The minimum absolute atomic E-state index is 0.0315. The van der Waals surface area contributed by atoms with E-state index < -0.39 is 5.41 Å². The van der Waals surface area contributed by atoms with Crippen LogP contribution >= 0.6 is 0 Å². The molecule has 10 aromatic rings. The highest BCUT2D eigenvalue weighted by Crippen LogP contribution is 2.68. The number of anilines is 6. The van der Waals surface area contributed by atoms with Gasteiger partial charge in [-0.15, -0.1) is 0 Å². The van der Waals surface area contributed by atoms with Crippen molar-refractivity contribution in [3.63, 3.8) is 0 Å². The van der Waals surface area contributed by atoms with Crippen LogP contribution in [0.2, 0.25) is 0 Å². The summed E-state index contributed by atoms with van der Waals surface area (Å²) in [6.45, 7) is 12.5. The van der Waals surface area contributed by atoms with Gasteiger partial charge in [0.25, 0.3) is 0 Å². The normalized spacial score (nSPS) is 17.3. The first-order valence-electron chi connectivity index (χ1n) is 25.5. The summed E-state index contributed by atoms with van der Waals surface area (Å²) < 4.78 is 0. The highest BCUT2D eigenvalue weighted by Gasteiger charge is 2.58. The summed E-state index contributed by atoms with van der Waals surface area (Å²) in [5, 5.41) is 0. The standard InChI is InChI=1S/C68H49BN2/c1-66(2)51-27-15-12-23-44(51)48-35-37-54-58(60(48)66)50-39-57(70(42-21-10-7-11-22-42)43-33-31-41(32-34-43)40-19-8-6-9-20-40)62-65-63(50)69(54)55-38-36-49-45-24-13-16-28-52(45)67(3,4)61(49)64(55)71(65)56-30-18-26-47-46-25-14-17-29-53(46)68(62,5)59(47)56/h6-39H,1-5H3. The minimum atomic E-state index is -0.500. The molecule has 0 spiro atoms. The zero-order valence-corrected chi connectivity index (χ0v) is 40.6. The maximum atomic E-state index is 2.80. The Bertz CT molecular complexity index is 4010. The summed E-state index contributed by atoms with van der Waals surface area (Å²) in [6.07, 6.45) is 0. The second-order valence-corrected chi connectivity index (χ2v) is 22.0. The van der Waals surface area contributed by atoms with E-state index in [0.717, 1.165) is 11.4 Å². The van der Waals surface area contributed by atoms with Crippen LogP contribution in [0.3, 0.4) is 0 Å². The molecule has 16 rings (SSSR count). The molecule has 1 atom stereocenters. The Morgan fingerprint density at radius 3 is 1.59 bits per heavy atom. The van der Waals surface area contributed by atoms with E-state index >= 15 is 0 Å². The molecule has 6 aliphatic rings. The van der Waals surface area contributed by atoms with Gasteiger partial charge in [0.1, 0.15) is 0 Å². The van der Waals surface area contributed by atoms with Crippen molar-refractivity contribution in [1.82, 2.24) is 0 Å². The number of benzene rings is 10. The first-order valence-corrected chi connectivity index (χ1v) is 25.5. The summed E-state index contributed by atoms with van der Waals surface area (Å²) >= 11 is 0. The molecule has 3 aliphatic carbocycles. The van der Waals surface area contributed by atoms with Gasteiger partial charge in [-0.2, -0.15) is 0 Å². The van der Waals surface area contributed by atoms with Crippen LogP contribution in [0, 0.1) is 0 Å². The highest BCUT2D eigenvalue weighted by atomic mass is 15.2. The molecule has 0 fully saturated rings. The molecule has 0 saturated heterocycles. The van der Waals surface area contributed by atoms with Crippen LogP contribution in [0.4, 0.5) is 34.1 Å². The Morgan fingerprint density at radius 2 is 0.901 bits per heavy atom. The molecule has 0 aromatic heterocycles. The fourth-order valence-electron chi connectivity index (χ4n) is 15.1. The number of fused-ring (bicyclic) bond motifs is 19. The van der Waals surface area contributed by atoms with Crippen molar-refractivity contribution in [2.45, 2.75) is 50.9 Å². The smallest absolute Gasteiger partial charge is 0.248 e. The number of hydrogen-bond acceptors (Lipinski definition) is 2. The molecule has 1 unspecified atom stereocenters. The van der Waals surface area contributed by atoms with E-state index in [9.17, 15) is 0 Å². The number of nitrogens with zero attached hydrogens (tertiary/aromatic N) is 2. The Labute approximate surface area is 416 Å². The van der Waals surface area contributed by atoms with Gasteiger partial charge in [-0.1, -0.05) is 203 Å². The van der Waals surface area contributed by atoms with Crippen LogP contribution in [0.1, 0.15) is 73.6 Å². The van der Waals surface area contributed by atoms with Crippen LogP contribution in [0.15, 0.2) is 206 Å². The van der Waals surface area contributed by atoms with Crippen molar-refractivity contribution in [1.29, 1.82) is 0 Å². The molecule has 334 valence electrons. The molecule has 0 saturated carbocycles. The van der Waals surface area contributed by atoms with Crippen molar-refractivity contribution in [3.05, 3.63) is 245 Å². The van der Waals surface area contributed by atoms with Crippen molar-refractivity contribution in [2.75, 3.05) is 9.80 Å². The SMILES string of the molecule is CC1(C)c2ccccc2-c2ccc3c(c21)-c1cc(N(c2ccccc2)c2ccc(-c4ccccc4)cc2)c2c4c1B3c1ccc3c(c1N4c1cccc4c1C2(C)c1ccccc1-4)C(C)(C)c1ccccc1-3. The first-order chi connectivity index (χ1) is 34.7. The molecule has 3 heteroatoms. The lowest BCUT2D eigenvalue weighted by Gasteiger charge is -2.49. The fraction of sp³-hybridized carbons (Fsp3) is 0.118. The van der Waals surface area contributed by atoms with Crippen LogP contribution < -0.4 is 26.2 Å². The molecule has 10 aromatic carbocycles. The van der Waals surface area contributed by atoms with Gasteiger partial charge in [0, 0.05) is 44.6 Å². The summed E-state index contributed by atoms with van der Waals surface area (Å²) in [6, 6.07) is 78.7. The minimum Gasteiger partial charge on any atom is -0.310 e. The largest absolute Gasteiger partial charge is 0.310 e. The van der Waals surface area contributed by atoms with Gasteiger partial charge in [0.15, 0.2) is 0 Å². The number of para-hydroxylation sites is 1. The Kier molecular flexibility index (Phi) is 7.48. The van der Waals surface area contributed by atoms with E-state index in [1.807, 2.05) is 0 Å². The molecule has 71 heavy (non-hydrogen) atoms. The Balaban J connectivity index is 1.10. The van der Waals surface area contributed by atoms with Crippen LogP contribution in [0.5, 0.6) is 0 Å². The number of rotatable bonds is 4. The van der Waals surface area contributed by atoms with Gasteiger partial charge < -0.3 is 9.80 Å². The van der Waals surface area contributed by atoms with E-state index in [1.54, 1.807) is 0 Å². The van der Waals surface area contributed by atoms with E-state index in [1.165, 1.54) is 134 Å². The third-order valence-corrected chi connectivity index (χ3v) is 18.0. The van der Waals surface area contributed by atoms with Gasteiger partial charge in [0.05, 0.1) is 11.4 Å². The Hall–Kier alpha value is -8.14. The van der Waals surface area contributed by atoms with Crippen LogP contribution in [-0.2, 0) is 16.2 Å². The van der Waals surface area contributed by atoms with E-state index in [-0.39, 0.29) is 17.5 Å². The lowest BCUT2D eigenvalue weighted by atomic mass is 9.36. The van der Waals surface area contributed by atoms with E-state index in [0.29, 0.717) is 0 Å². The average molecular weight is 905 g/mol. The van der Waals surface area contributed by atoms with Crippen molar-refractivity contribution >= 4 is 57.2 Å². The molecular weight excluding hydrogens is 856 g/mol. The second kappa shape index (κ2) is 13.4. The first kappa shape index (κ1) is 39.7. The van der Waals surface area contributed by atoms with Gasteiger partial charge in [0.2, 0.25) is 6.71 Å². The van der Waals surface area contributed by atoms with E-state index in [4.69, 9.17) is 0 Å². The molecular formula is C68H49BN2. The highest BCUT2D eigenvalue weighted by molar-refractivity contribution is 7.01. The van der Waals surface area contributed by atoms with Crippen molar-refractivity contribution in [3.8, 4) is 55.6 Å². The van der Waals surface area contributed by atoms with Gasteiger partial charge in [-0.05, 0) is 143 Å². The summed E-state index contributed by atoms with van der Waals surface area (Å²) in [7, 11) is 0.